The Morgan fingerprint density at radius 1 is 1.19 bits per heavy atom. The van der Waals surface area contributed by atoms with Gasteiger partial charge in [-0.25, -0.2) is 4.98 Å². The highest BCUT2D eigenvalue weighted by Crippen LogP contribution is 2.20. The van der Waals surface area contributed by atoms with E-state index in [2.05, 4.69) is 68.1 Å². The van der Waals surface area contributed by atoms with Gasteiger partial charge in [0.1, 0.15) is 5.82 Å². The van der Waals surface area contributed by atoms with Crippen LogP contribution in [0.5, 0.6) is 0 Å². The van der Waals surface area contributed by atoms with Crippen LogP contribution in [0.25, 0.3) is 0 Å². The van der Waals surface area contributed by atoms with E-state index in [1.807, 2.05) is 0 Å². The molecule has 0 unspecified atom stereocenters. The van der Waals surface area contributed by atoms with Crippen LogP contribution >= 0.6 is 11.6 Å². The molecule has 0 atom stereocenters. The zero-order chi connectivity index (χ0) is 16.0. The quantitative estimate of drug-likeness (QED) is 0.838. The summed E-state index contributed by atoms with van der Waals surface area (Å²) in [7, 11) is 6.26. The fourth-order valence-electron chi connectivity index (χ4n) is 1.91. The molecule has 0 aliphatic heterocycles. The molecule has 0 radical (unpaired) electrons. The highest BCUT2D eigenvalue weighted by atomic mass is 35.5. The van der Waals surface area contributed by atoms with E-state index in [0.29, 0.717) is 0 Å². The van der Waals surface area contributed by atoms with Crippen molar-refractivity contribution in [2.24, 2.45) is 0 Å². The Kier molecular flexibility index (Phi) is 6.91. The van der Waals surface area contributed by atoms with Gasteiger partial charge in [0.15, 0.2) is 0 Å². The second-order valence-corrected chi connectivity index (χ2v) is 7.22. The number of halogens is 1. The average molecular weight is 313 g/mol. The zero-order valence-corrected chi connectivity index (χ0v) is 15.0. The van der Waals surface area contributed by atoms with Crippen molar-refractivity contribution in [3.8, 4) is 0 Å². The van der Waals surface area contributed by atoms with Crippen LogP contribution in [0.15, 0.2) is 12.3 Å². The van der Waals surface area contributed by atoms with Crippen LogP contribution in [-0.4, -0.2) is 49.7 Å². The van der Waals surface area contributed by atoms with E-state index in [-0.39, 0.29) is 5.54 Å². The molecule has 1 aromatic rings. The van der Waals surface area contributed by atoms with E-state index in [4.69, 9.17) is 11.6 Å². The summed E-state index contributed by atoms with van der Waals surface area (Å²) in [6.45, 7) is 9.27. The van der Waals surface area contributed by atoms with Gasteiger partial charge in [-0.3, -0.25) is 0 Å². The van der Waals surface area contributed by atoms with Crippen molar-refractivity contribution in [1.29, 1.82) is 0 Å². The second-order valence-electron chi connectivity index (χ2n) is 6.82. The Labute approximate surface area is 134 Å². The molecule has 0 saturated heterocycles. The number of nitrogens with zero attached hydrogens (tertiary/aromatic N) is 3. The highest BCUT2D eigenvalue weighted by Gasteiger charge is 2.12. The SMILES string of the molecule is CN(C)CCCN(C)c1cc(CNC(C)(C)C)c(Cl)cn1. The van der Waals surface area contributed by atoms with E-state index < -0.39 is 0 Å². The number of pyridine rings is 1. The van der Waals surface area contributed by atoms with Crippen LogP contribution < -0.4 is 10.2 Å². The first kappa shape index (κ1) is 18.2. The third-order valence-electron chi connectivity index (χ3n) is 3.22. The van der Waals surface area contributed by atoms with Crippen molar-refractivity contribution in [2.45, 2.75) is 39.3 Å². The minimum absolute atomic E-state index is 0.0738. The van der Waals surface area contributed by atoms with Gasteiger partial charge in [0.2, 0.25) is 0 Å². The Bertz CT molecular complexity index is 440. The third kappa shape index (κ3) is 7.11. The van der Waals surface area contributed by atoms with Crippen LogP contribution in [0.2, 0.25) is 5.02 Å². The summed E-state index contributed by atoms with van der Waals surface area (Å²) in [6, 6.07) is 2.08. The largest absolute Gasteiger partial charge is 0.360 e. The van der Waals surface area contributed by atoms with Gasteiger partial charge in [-0.05, 0) is 59.5 Å². The van der Waals surface area contributed by atoms with Crippen molar-refractivity contribution >= 4 is 17.4 Å². The van der Waals surface area contributed by atoms with Crippen molar-refractivity contribution in [3.05, 3.63) is 22.8 Å². The average Bonchev–Trinajstić information content (AvgIpc) is 2.36. The molecule has 1 aromatic heterocycles. The molecule has 0 aliphatic rings. The van der Waals surface area contributed by atoms with E-state index in [1.165, 1.54) is 0 Å². The molecule has 0 aromatic carbocycles. The van der Waals surface area contributed by atoms with Gasteiger partial charge in [-0.15, -0.1) is 0 Å². The van der Waals surface area contributed by atoms with Crippen molar-refractivity contribution in [2.75, 3.05) is 39.1 Å². The topological polar surface area (TPSA) is 31.4 Å². The summed E-state index contributed by atoms with van der Waals surface area (Å²) in [6.07, 6.45) is 2.86. The summed E-state index contributed by atoms with van der Waals surface area (Å²) in [5, 5.41) is 4.19. The maximum absolute atomic E-state index is 6.25. The Balaban J connectivity index is 2.67. The number of rotatable bonds is 7. The summed E-state index contributed by atoms with van der Waals surface area (Å²) in [5.41, 5.74) is 1.17. The standard InChI is InChI=1S/C16H29ClN4/c1-16(2,3)19-11-13-10-15(18-12-14(13)17)21(6)9-7-8-20(4)5/h10,12,19H,7-9,11H2,1-6H3. The lowest BCUT2D eigenvalue weighted by molar-refractivity contribution is 0.401. The lowest BCUT2D eigenvalue weighted by atomic mass is 10.1. The number of hydrogen-bond acceptors (Lipinski definition) is 4. The van der Waals surface area contributed by atoms with Crippen molar-refractivity contribution < 1.29 is 0 Å². The van der Waals surface area contributed by atoms with E-state index in [1.54, 1.807) is 6.20 Å². The highest BCUT2D eigenvalue weighted by molar-refractivity contribution is 6.31. The number of nitrogens with one attached hydrogen (secondary N) is 1. The molecule has 0 saturated carbocycles. The first-order chi connectivity index (χ1) is 9.69. The lowest BCUT2D eigenvalue weighted by Gasteiger charge is -2.23. The van der Waals surface area contributed by atoms with Crippen LogP contribution in [-0.2, 0) is 6.54 Å². The minimum atomic E-state index is 0.0738. The van der Waals surface area contributed by atoms with Gasteiger partial charge in [0, 0.05) is 31.9 Å². The summed E-state index contributed by atoms with van der Waals surface area (Å²) < 4.78 is 0. The molecule has 1 heterocycles. The van der Waals surface area contributed by atoms with Gasteiger partial charge < -0.3 is 15.1 Å². The van der Waals surface area contributed by atoms with E-state index in [9.17, 15) is 0 Å². The number of anilines is 1. The maximum atomic E-state index is 6.25. The number of aromatic nitrogens is 1. The summed E-state index contributed by atoms with van der Waals surface area (Å²) in [5.74, 6) is 0.976. The first-order valence-corrected chi connectivity index (χ1v) is 7.82. The monoisotopic (exact) mass is 312 g/mol. The predicted octanol–water partition coefficient (Wildman–Crippen LogP) is 3.01. The molecule has 0 fully saturated rings. The van der Waals surface area contributed by atoms with Crippen LogP contribution in [0.4, 0.5) is 5.82 Å². The molecule has 0 aliphatic carbocycles. The molecule has 0 amide bonds. The third-order valence-corrected chi connectivity index (χ3v) is 3.56. The van der Waals surface area contributed by atoms with Crippen LogP contribution in [0.3, 0.4) is 0 Å². The Hall–Kier alpha value is -0.840. The van der Waals surface area contributed by atoms with E-state index in [0.717, 1.165) is 42.5 Å². The summed E-state index contributed by atoms with van der Waals surface area (Å²) in [4.78, 5) is 8.81. The number of hydrogen-bond donors (Lipinski definition) is 1. The molecule has 4 nitrogen and oxygen atoms in total. The second kappa shape index (κ2) is 7.97. The predicted molar refractivity (Wildman–Crippen MR) is 92.3 cm³/mol. The Morgan fingerprint density at radius 2 is 1.86 bits per heavy atom. The van der Waals surface area contributed by atoms with Gasteiger partial charge in [-0.2, -0.15) is 0 Å². The van der Waals surface area contributed by atoms with E-state index >= 15 is 0 Å². The fraction of sp³-hybridized carbons (Fsp3) is 0.688. The van der Waals surface area contributed by atoms with Crippen LogP contribution in [0, 0.1) is 0 Å². The van der Waals surface area contributed by atoms with Gasteiger partial charge >= 0.3 is 0 Å². The molecule has 120 valence electrons. The van der Waals surface area contributed by atoms with Crippen LogP contribution in [0.1, 0.15) is 32.8 Å². The Morgan fingerprint density at radius 3 is 2.43 bits per heavy atom. The molecular weight excluding hydrogens is 284 g/mol. The molecule has 5 heteroatoms. The molecule has 0 bridgehead atoms. The fourth-order valence-corrected chi connectivity index (χ4v) is 2.08. The molecular formula is C16H29ClN4. The van der Waals surface area contributed by atoms with Gasteiger partial charge in [-0.1, -0.05) is 11.6 Å². The van der Waals surface area contributed by atoms with Gasteiger partial charge in [0.25, 0.3) is 0 Å². The van der Waals surface area contributed by atoms with Gasteiger partial charge in [0.05, 0.1) is 5.02 Å². The normalized spacial score (nSPS) is 12.0. The molecule has 0 spiro atoms. The molecule has 1 rings (SSSR count). The smallest absolute Gasteiger partial charge is 0.128 e. The maximum Gasteiger partial charge on any atom is 0.128 e. The first-order valence-electron chi connectivity index (χ1n) is 7.44. The summed E-state index contributed by atoms with van der Waals surface area (Å²) >= 11 is 6.25. The van der Waals surface area contributed by atoms with Crippen molar-refractivity contribution in [1.82, 2.24) is 15.2 Å². The lowest BCUT2D eigenvalue weighted by Crippen LogP contribution is -2.35. The van der Waals surface area contributed by atoms with Crippen molar-refractivity contribution in [3.63, 3.8) is 0 Å². The zero-order valence-electron chi connectivity index (χ0n) is 14.2. The molecule has 21 heavy (non-hydrogen) atoms. The minimum Gasteiger partial charge on any atom is -0.360 e. The molecule has 1 N–H and O–H groups in total.